The predicted octanol–water partition coefficient (Wildman–Crippen LogP) is 1.98. The molecule has 2 saturated heterocycles. The van der Waals surface area contributed by atoms with E-state index in [0.717, 1.165) is 58.7 Å². The first-order chi connectivity index (χ1) is 12.8. The van der Waals surface area contributed by atoms with Crippen molar-refractivity contribution in [2.75, 3.05) is 39.3 Å². The van der Waals surface area contributed by atoms with Gasteiger partial charge in [-0.2, -0.15) is 0 Å². The van der Waals surface area contributed by atoms with Crippen LogP contribution in [0.4, 0.5) is 0 Å². The van der Waals surface area contributed by atoms with E-state index in [4.69, 9.17) is 0 Å². The lowest BCUT2D eigenvalue weighted by Gasteiger charge is -2.37. The van der Waals surface area contributed by atoms with Crippen LogP contribution in [0.1, 0.15) is 17.7 Å². The fourth-order valence-electron chi connectivity index (χ4n) is 4.13. The number of amides is 1. The van der Waals surface area contributed by atoms with Gasteiger partial charge in [0.2, 0.25) is 5.91 Å². The minimum atomic E-state index is 0.0958. The van der Waals surface area contributed by atoms with E-state index >= 15 is 0 Å². The number of hydrogen-bond acceptors (Lipinski definition) is 3. The van der Waals surface area contributed by atoms with E-state index in [1.165, 1.54) is 11.3 Å². The van der Waals surface area contributed by atoms with Crippen LogP contribution in [-0.4, -0.2) is 70.9 Å². The maximum Gasteiger partial charge on any atom is 0.240 e. The van der Waals surface area contributed by atoms with Crippen molar-refractivity contribution in [2.24, 2.45) is 0 Å². The average Bonchev–Trinajstić information content (AvgIpc) is 3.32. The Morgan fingerprint density at radius 1 is 0.962 bits per heavy atom. The van der Waals surface area contributed by atoms with Gasteiger partial charge in [-0.1, -0.05) is 30.3 Å². The van der Waals surface area contributed by atoms with E-state index in [1.807, 2.05) is 18.3 Å². The van der Waals surface area contributed by atoms with Crippen LogP contribution in [0.5, 0.6) is 0 Å². The number of aromatic amines is 1. The van der Waals surface area contributed by atoms with Crippen LogP contribution in [0.3, 0.4) is 0 Å². The van der Waals surface area contributed by atoms with E-state index in [-0.39, 0.29) is 6.04 Å². The molecule has 4 rings (SSSR count). The Bertz CT molecular complexity index is 692. The summed E-state index contributed by atoms with van der Waals surface area (Å²) in [6.07, 6.45) is 3.90. The van der Waals surface area contributed by atoms with Crippen molar-refractivity contribution in [2.45, 2.75) is 25.4 Å². The molecule has 138 valence electrons. The summed E-state index contributed by atoms with van der Waals surface area (Å²) in [6.45, 7) is 6.76. The molecule has 1 unspecified atom stereocenters. The van der Waals surface area contributed by atoms with Crippen LogP contribution in [-0.2, 0) is 17.8 Å². The van der Waals surface area contributed by atoms with Crippen LogP contribution < -0.4 is 0 Å². The van der Waals surface area contributed by atoms with Crippen LogP contribution in [0.15, 0.2) is 48.7 Å². The Morgan fingerprint density at radius 2 is 1.77 bits per heavy atom. The van der Waals surface area contributed by atoms with Gasteiger partial charge in [-0.15, -0.1) is 0 Å². The predicted molar refractivity (Wildman–Crippen MR) is 103 cm³/mol. The number of carbonyl (C=O) groups excluding carboxylic acids is 1. The molecular weight excluding hydrogens is 324 g/mol. The topological polar surface area (TPSA) is 42.6 Å². The van der Waals surface area contributed by atoms with Crippen LogP contribution in [0.2, 0.25) is 0 Å². The Labute approximate surface area is 155 Å². The highest BCUT2D eigenvalue weighted by Crippen LogP contribution is 2.20. The molecule has 3 heterocycles. The summed E-state index contributed by atoms with van der Waals surface area (Å²) < 4.78 is 0. The first-order valence-electron chi connectivity index (χ1n) is 9.71. The van der Waals surface area contributed by atoms with Gasteiger partial charge in [-0.05, 0) is 30.5 Å². The molecule has 2 fully saturated rings. The van der Waals surface area contributed by atoms with E-state index in [0.29, 0.717) is 5.91 Å². The molecule has 0 spiro atoms. The molecule has 26 heavy (non-hydrogen) atoms. The SMILES string of the molecule is O=C1C(N2CCN(Cc3ccc[nH]3)CC2)CCN1CCc1ccccc1. The molecule has 2 aliphatic heterocycles. The maximum absolute atomic E-state index is 12.8. The van der Waals surface area contributed by atoms with Crippen molar-refractivity contribution in [1.29, 1.82) is 0 Å². The van der Waals surface area contributed by atoms with Gasteiger partial charge in [-0.3, -0.25) is 14.6 Å². The smallest absolute Gasteiger partial charge is 0.240 e. The molecule has 0 saturated carbocycles. The molecule has 1 aromatic carbocycles. The van der Waals surface area contributed by atoms with Crippen molar-refractivity contribution < 1.29 is 4.79 Å². The first kappa shape index (κ1) is 17.3. The fourth-order valence-corrected chi connectivity index (χ4v) is 4.13. The molecule has 2 aromatic rings. The van der Waals surface area contributed by atoms with Crippen molar-refractivity contribution in [1.82, 2.24) is 19.7 Å². The number of benzene rings is 1. The highest BCUT2D eigenvalue weighted by atomic mass is 16.2. The van der Waals surface area contributed by atoms with Gasteiger partial charge in [0.15, 0.2) is 0 Å². The highest BCUT2D eigenvalue weighted by molar-refractivity contribution is 5.84. The van der Waals surface area contributed by atoms with Gasteiger partial charge in [0.05, 0.1) is 6.04 Å². The lowest BCUT2D eigenvalue weighted by atomic mass is 10.1. The first-order valence-corrected chi connectivity index (χ1v) is 9.71. The largest absolute Gasteiger partial charge is 0.364 e. The van der Waals surface area contributed by atoms with Crippen molar-refractivity contribution in [3.8, 4) is 0 Å². The van der Waals surface area contributed by atoms with E-state index in [9.17, 15) is 4.79 Å². The Morgan fingerprint density at radius 3 is 2.50 bits per heavy atom. The minimum absolute atomic E-state index is 0.0958. The zero-order valence-corrected chi connectivity index (χ0v) is 15.3. The number of hydrogen-bond donors (Lipinski definition) is 1. The third-order valence-electron chi connectivity index (χ3n) is 5.69. The quantitative estimate of drug-likeness (QED) is 0.864. The van der Waals surface area contributed by atoms with Crippen molar-refractivity contribution in [3.63, 3.8) is 0 Å². The molecule has 1 atom stereocenters. The number of carbonyl (C=O) groups is 1. The Hall–Kier alpha value is -2.11. The normalized spacial score (nSPS) is 22.2. The highest BCUT2D eigenvalue weighted by Gasteiger charge is 2.36. The lowest BCUT2D eigenvalue weighted by Crippen LogP contribution is -2.52. The summed E-state index contributed by atoms with van der Waals surface area (Å²) in [6, 6.07) is 14.7. The second-order valence-electron chi connectivity index (χ2n) is 7.37. The molecule has 5 heteroatoms. The second kappa shape index (κ2) is 8.06. The van der Waals surface area contributed by atoms with E-state index in [1.54, 1.807) is 0 Å². The number of piperazine rings is 1. The summed E-state index contributed by atoms with van der Waals surface area (Å²) in [7, 11) is 0. The molecule has 2 aliphatic rings. The summed E-state index contributed by atoms with van der Waals surface area (Å²) in [5.41, 5.74) is 2.57. The monoisotopic (exact) mass is 352 g/mol. The molecule has 0 radical (unpaired) electrons. The third kappa shape index (κ3) is 4.00. The summed E-state index contributed by atoms with van der Waals surface area (Å²) in [5, 5.41) is 0. The number of likely N-dealkylation sites (tertiary alicyclic amines) is 1. The zero-order chi connectivity index (χ0) is 17.8. The summed E-state index contributed by atoms with van der Waals surface area (Å²) in [4.78, 5) is 23.0. The van der Waals surface area contributed by atoms with Crippen LogP contribution in [0, 0.1) is 0 Å². The van der Waals surface area contributed by atoms with Gasteiger partial charge in [0.25, 0.3) is 0 Å². The summed E-state index contributed by atoms with van der Waals surface area (Å²) >= 11 is 0. The Kier molecular flexibility index (Phi) is 5.37. The molecule has 0 bridgehead atoms. The zero-order valence-electron chi connectivity index (χ0n) is 15.3. The molecule has 0 aliphatic carbocycles. The number of aromatic nitrogens is 1. The molecule has 1 aromatic heterocycles. The van der Waals surface area contributed by atoms with Crippen molar-refractivity contribution >= 4 is 5.91 Å². The molecule has 1 N–H and O–H groups in total. The van der Waals surface area contributed by atoms with Gasteiger partial charge in [-0.25, -0.2) is 0 Å². The molecule has 1 amide bonds. The maximum atomic E-state index is 12.8. The molecular formula is C21H28N4O. The number of nitrogens with zero attached hydrogens (tertiary/aromatic N) is 3. The summed E-state index contributed by atoms with van der Waals surface area (Å²) in [5.74, 6) is 0.332. The van der Waals surface area contributed by atoms with Crippen LogP contribution in [0.25, 0.3) is 0 Å². The minimum Gasteiger partial charge on any atom is -0.364 e. The molecule has 5 nitrogen and oxygen atoms in total. The number of nitrogens with one attached hydrogen (secondary N) is 1. The van der Waals surface area contributed by atoms with E-state index in [2.05, 4.69) is 50.0 Å². The lowest BCUT2D eigenvalue weighted by molar-refractivity contribution is -0.132. The van der Waals surface area contributed by atoms with E-state index < -0.39 is 0 Å². The fraction of sp³-hybridized carbons (Fsp3) is 0.476. The van der Waals surface area contributed by atoms with Crippen molar-refractivity contribution in [3.05, 3.63) is 59.9 Å². The third-order valence-corrected chi connectivity index (χ3v) is 5.69. The Balaban J connectivity index is 1.25. The van der Waals surface area contributed by atoms with Crippen LogP contribution >= 0.6 is 0 Å². The van der Waals surface area contributed by atoms with Gasteiger partial charge >= 0.3 is 0 Å². The van der Waals surface area contributed by atoms with Gasteiger partial charge in [0, 0.05) is 57.7 Å². The standard InChI is InChI=1S/C21H28N4O/c26-21-20(9-12-25(21)11-8-18-5-2-1-3-6-18)24-15-13-23(14-16-24)17-19-7-4-10-22-19/h1-7,10,20,22H,8-9,11-17H2. The number of H-pyrrole nitrogens is 1. The second-order valence-corrected chi connectivity index (χ2v) is 7.37. The average molecular weight is 352 g/mol. The van der Waals surface area contributed by atoms with Gasteiger partial charge < -0.3 is 9.88 Å². The number of rotatable bonds is 6. The van der Waals surface area contributed by atoms with Gasteiger partial charge in [0.1, 0.15) is 0 Å².